The minimum atomic E-state index is -1.82. The van der Waals surface area contributed by atoms with E-state index in [0.29, 0.717) is 0 Å². The van der Waals surface area contributed by atoms with Crippen LogP contribution in [-0.4, -0.2) is 28.1 Å². The number of carboxylic acids is 2. The van der Waals surface area contributed by atoms with E-state index < -0.39 is 11.9 Å². The van der Waals surface area contributed by atoms with Crippen molar-refractivity contribution in [3.05, 3.63) is 35.7 Å². The van der Waals surface area contributed by atoms with Crippen LogP contribution in [0.4, 0.5) is 5.69 Å². The Balaban J connectivity index is 0.000000232. The first-order chi connectivity index (χ1) is 8.50. The number of anilines is 1. The van der Waals surface area contributed by atoms with Gasteiger partial charge in [-0.1, -0.05) is 23.9 Å². The van der Waals surface area contributed by atoms with E-state index >= 15 is 0 Å². The molecule has 0 saturated heterocycles. The minimum absolute atomic E-state index is 0.0625. The van der Waals surface area contributed by atoms with Crippen LogP contribution < -0.4 is 5.32 Å². The number of benzene rings is 1. The molecule has 1 aliphatic heterocycles. The van der Waals surface area contributed by atoms with Crippen molar-refractivity contribution in [1.82, 2.24) is 0 Å². The fraction of sp³-hybridized carbons (Fsp3) is 0. The Kier molecular flexibility index (Phi) is 4.94. The van der Waals surface area contributed by atoms with Crippen molar-refractivity contribution >= 4 is 35.3 Å². The maximum atomic E-state index is 11.0. The summed E-state index contributed by atoms with van der Waals surface area (Å²) in [5.41, 5.74) is 0.887. The lowest BCUT2D eigenvalue weighted by atomic mass is 10.3. The van der Waals surface area contributed by atoms with Crippen molar-refractivity contribution in [2.24, 2.45) is 0 Å². The Morgan fingerprint density at radius 1 is 1.11 bits per heavy atom. The first kappa shape index (κ1) is 13.8. The highest BCUT2D eigenvalue weighted by molar-refractivity contribution is 8.02. The Morgan fingerprint density at radius 3 is 2.33 bits per heavy atom. The molecular formula is C11H9NO5S. The molecule has 6 nitrogen and oxygen atoms in total. The van der Waals surface area contributed by atoms with Gasteiger partial charge in [-0.15, -0.1) is 0 Å². The van der Waals surface area contributed by atoms with E-state index in [1.54, 1.807) is 17.2 Å². The number of nitrogens with one attached hydrogen (secondary N) is 1. The van der Waals surface area contributed by atoms with Crippen LogP contribution in [-0.2, 0) is 14.4 Å². The third kappa shape index (κ3) is 4.30. The van der Waals surface area contributed by atoms with Crippen molar-refractivity contribution in [1.29, 1.82) is 0 Å². The average Bonchev–Trinajstić information content (AvgIpc) is 2.50. The van der Waals surface area contributed by atoms with Crippen LogP contribution in [0.15, 0.2) is 40.6 Å². The summed E-state index contributed by atoms with van der Waals surface area (Å²) in [4.78, 5) is 30.3. The number of para-hydroxylation sites is 1. The molecule has 0 spiro atoms. The molecule has 1 aromatic carbocycles. The molecule has 0 bridgehead atoms. The van der Waals surface area contributed by atoms with Crippen molar-refractivity contribution in [3.8, 4) is 0 Å². The van der Waals surface area contributed by atoms with E-state index in [1.165, 1.54) is 6.08 Å². The Bertz CT molecular complexity index is 500. The SMILES string of the molecule is O=C(O)C(=O)O.O=C1C=CSc2ccccc2N1. The first-order valence-corrected chi connectivity index (χ1v) is 5.58. The zero-order chi connectivity index (χ0) is 13.5. The summed E-state index contributed by atoms with van der Waals surface area (Å²) in [5.74, 6) is -3.71. The predicted molar refractivity (Wildman–Crippen MR) is 65.3 cm³/mol. The van der Waals surface area contributed by atoms with Crippen LogP contribution in [0, 0.1) is 0 Å². The van der Waals surface area contributed by atoms with E-state index in [2.05, 4.69) is 5.32 Å². The topological polar surface area (TPSA) is 104 Å². The maximum Gasteiger partial charge on any atom is 0.414 e. The fourth-order valence-electron chi connectivity index (χ4n) is 1.02. The van der Waals surface area contributed by atoms with Gasteiger partial charge in [-0.25, -0.2) is 9.59 Å². The van der Waals surface area contributed by atoms with Crippen LogP contribution in [0.3, 0.4) is 0 Å². The molecule has 1 aliphatic rings. The van der Waals surface area contributed by atoms with Crippen molar-refractivity contribution in [2.75, 3.05) is 5.32 Å². The molecule has 3 N–H and O–H groups in total. The quantitative estimate of drug-likeness (QED) is 0.614. The minimum Gasteiger partial charge on any atom is -0.473 e. The number of amides is 1. The van der Waals surface area contributed by atoms with Crippen molar-refractivity contribution in [3.63, 3.8) is 0 Å². The van der Waals surface area contributed by atoms with Crippen LogP contribution in [0.2, 0.25) is 0 Å². The number of hydrogen-bond acceptors (Lipinski definition) is 4. The summed E-state index contributed by atoms with van der Waals surface area (Å²) in [7, 11) is 0. The molecule has 0 radical (unpaired) electrons. The lowest BCUT2D eigenvalue weighted by Crippen LogP contribution is -2.09. The van der Waals surface area contributed by atoms with Crippen molar-refractivity contribution in [2.45, 2.75) is 4.90 Å². The fourth-order valence-corrected chi connectivity index (χ4v) is 1.76. The van der Waals surface area contributed by atoms with Gasteiger partial charge in [-0.2, -0.15) is 0 Å². The number of carbonyl (C=O) groups excluding carboxylic acids is 1. The van der Waals surface area contributed by atoms with Gasteiger partial charge in [0.25, 0.3) is 0 Å². The third-order valence-electron chi connectivity index (χ3n) is 1.74. The third-order valence-corrected chi connectivity index (χ3v) is 2.62. The second-order valence-corrected chi connectivity index (χ2v) is 3.96. The second-order valence-electron chi connectivity index (χ2n) is 3.02. The van der Waals surface area contributed by atoms with Gasteiger partial charge in [0.05, 0.1) is 5.69 Å². The lowest BCUT2D eigenvalue weighted by molar-refractivity contribution is -0.159. The number of fused-ring (bicyclic) bond motifs is 1. The van der Waals surface area contributed by atoms with Gasteiger partial charge in [0.1, 0.15) is 0 Å². The molecule has 0 aliphatic carbocycles. The largest absolute Gasteiger partial charge is 0.473 e. The zero-order valence-corrected chi connectivity index (χ0v) is 9.81. The standard InChI is InChI=1S/C9H7NOS.C2H2O4/c11-9-5-6-12-8-4-2-1-3-7(8)10-9;3-1(4)2(5)6/h1-6H,(H,10,11);(H,3,4)(H,5,6). The van der Waals surface area contributed by atoms with Crippen LogP contribution in [0.1, 0.15) is 0 Å². The normalized spacial score (nSPS) is 12.3. The number of hydrogen-bond donors (Lipinski definition) is 3. The highest BCUT2D eigenvalue weighted by Crippen LogP contribution is 2.29. The van der Waals surface area contributed by atoms with Gasteiger partial charge < -0.3 is 15.5 Å². The molecule has 0 atom stereocenters. The molecule has 7 heteroatoms. The van der Waals surface area contributed by atoms with E-state index in [1.807, 2.05) is 24.3 Å². The Labute approximate surface area is 106 Å². The van der Waals surface area contributed by atoms with Crippen molar-refractivity contribution < 1.29 is 24.6 Å². The molecule has 0 unspecified atom stereocenters. The van der Waals surface area contributed by atoms with Gasteiger partial charge in [-0.3, -0.25) is 4.79 Å². The molecular weight excluding hydrogens is 258 g/mol. The number of rotatable bonds is 0. The van der Waals surface area contributed by atoms with Gasteiger partial charge >= 0.3 is 11.9 Å². The van der Waals surface area contributed by atoms with Gasteiger partial charge in [-0.05, 0) is 17.5 Å². The molecule has 0 saturated carbocycles. The molecule has 1 aromatic rings. The predicted octanol–water partition coefficient (Wildman–Crippen LogP) is 1.40. The molecule has 2 rings (SSSR count). The molecule has 1 amide bonds. The van der Waals surface area contributed by atoms with Crippen LogP contribution >= 0.6 is 11.8 Å². The summed E-state index contributed by atoms with van der Waals surface area (Å²) in [6, 6.07) is 7.74. The average molecular weight is 267 g/mol. The smallest absolute Gasteiger partial charge is 0.414 e. The summed E-state index contributed by atoms with van der Waals surface area (Å²) in [6.07, 6.45) is 1.53. The lowest BCUT2D eigenvalue weighted by Gasteiger charge is -2.03. The summed E-state index contributed by atoms with van der Waals surface area (Å²) in [6.45, 7) is 0. The molecule has 0 fully saturated rings. The Hall–Kier alpha value is -2.28. The zero-order valence-electron chi connectivity index (χ0n) is 8.99. The number of carbonyl (C=O) groups is 3. The van der Waals surface area contributed by atoms with Gasteiger partial charge in [0.2, 0.25) is 5.91 Å². The molecule has 0 aromatic heterocycles. The van der Waals surface area contributed by atoms with E-state index in [0.717, 1.165) is 10.6 Å². The van der Waals surface area contributed by atoms with E-state index in [9.17, 15) is 4.79 Å². The van der Waals surface area contributed by atoms with E-state index in [-0.39, 0.29) is 5.91 Å². The molecule has 94 valence electrons. The number of carboxylic acid groups (broad SMARTS) is 2. The van der Waals surface area contributed by atoms with Crippen LogP contribution in [0.25, 0.3) is 0 Å². The summed E-state index contributed by atoms with van der Waals surface area (Å²) < 4.78 is 0. The Morgan fingerprint density at radius 2 is 1.72 bits per heavy atom. The summed E-state index contributed by atoms with van der Waals surface area (Å²) in [5, 5.41) is 19.4. The summed E-state index contributed by atoms with van der Waals surface area (Å²) >= 11 is 1.55. The molecule has 1 heterocycles. The van der Waals surface area contributed by atoms with Crippen LogP contribution in [0.5, 0.6) is 0 Å². The highest BCUT2D eigenvalue weighted by atomic mass is 32.2. The first-order valence-electron chi connectivity index (χ1n) is 4.70. The van der Waals surface area contributed by atoms with Gasteiger partial charge in [0, 0.05) is 11.0 Å². The second kappa shape index (κ2) is 6.45. The monoisotopic (exact) mass is 267 g/mol. The van der Waals surface area contributed by atoms with Gasteiger partial charge in [0.15, 0.2) is 0 Å². The maximum absolute atomic E-state index is 11.0. The highest BCUT2D eigenvalue weighted by Gasteiger charge is 2.06. The van der Waals surface area contributed by atoms with E-state index in [4.69, 9.17) is 19.8 Å². The number of aliphatic carboxylic acids is 2. The molecule has 18 heavy (non-hydrogen) atoms. The number of thioether (sulfide) groups is 1.